The summed E-state index contributed by atoms with van der Waals surface area (Å²) in [5, 5.41) is 3.55. The van der Waals surface area contributed by atoms with Crippen LogP contribution < -0.4 is 5.32 Å². The zero-order chi connectivity index (χ0) is 11.1. The van der Waals surface area contributed by atoms with Crippen molar-refractivity contribution in [1.29, 1.82) is 0 Å². The van der Waals surface area contributed by atoms with E-state index in [-0.39, 0.29) is 0 Å². The summed E-state index contributed by atoms with van der Waals surface area (Å²) in [7, 11) is 0. The third kappa shape index (κ3) is 4.76. The number of rotatable bonds is 7. The molecule has 0 saturated heterocycles. The zero-order valence-corrected chi connectivity index (χ0v) is 10.8. The molecule has 1 atom stereocenters. The van der Waals surface area contributed by atoms with Crippen molar-refractivity contribution in [3.05, 3.63) is 16.6 Å². The van der Waals surface area contributed by atoms with Gasteiger partial charge in [-0.15, -0.1) is 11.3 Å². The number of aryl methyl sites for hydroxylation is 1. The third-order valence-corrected chi connectivity index (χ3v) is 3.53. The van der Waals surface area contributed by atoms with Gasteiger partial charge in [0.05, 0.1) is 5.51 Å². The summed E-state index contributed by atoms with van der Waals surface area (Å²) >= 11 is 1.76. The molecule has 1 rings (SSSR count). The first kappa shape index (κ1) is 12.7. The molecule has 1 heterocycles. The second-order valence-electron chi connectivity index (χ2n) is 4.27. The summed E-state index contributed by atoms with van der Waals surface area (Å²) < 4.78 is 0. The molecule has 0 radical (unpaired) electrons. The molecule has 0 spiro atoms. The summed E-state index contributed by atoms with van der Waals surface area (Å²) in [5.41, 5.74) is 1.92. The lowest BCUT2D eigenvalue weighted by atomic mass is 9.98. The van der Waals surface area contributed by atoms with Crippen LogP contribution in [-0.4, -0.2) is 17.6 Å². The maximum absolute atomic E-state index is 4.09. The molecule has 1 aromatic heterocycles. The first-order chi connectivity index (χ1) is 7.24. The molecule has 3 heteroatoms. The van der Waals surface area contributed by atoms with Gasteiger partial charge in [-0.1, -0.05) is 20.8 Å². The Kier molecular flexibility index (Phi) is 5.88. The van der Waals surface area contributed by atoms with Crippen molar-refractivity contribution in [3.8, 4) is 0 Å². The fourth-order valence-electron chi connectivity index (χ4n) is 1.80. The normalized spacial score (nSPS) is 13.3. The number of nitrogens with zero attached hydrogens (tertiary/aromatic N) is 1. The monoisotopic (exact) mass is 226 g/mol. The highest BCUT2D eigenvalue weighted by Crippen LogP contribution is 2.14. The molecule has 2 nitrogen and oxygen atoms in total. The maximum atomic E-state index is 4.09. The Morgan fingerprint density at radius 3 is 2.80 bits per heavy atom. The quantitative estimate of drug-likeness (QED) is 0.773. The van der Waals surface area contributed by atoms with Crippen molar-refractivity contribution in [1.82, 2.24) is 10.3 Å². The molecule has 15 heavy (non-hydrogen) atoms. The minimum absolute atomic E-state index is 0.669. The maximum Gasteiger partial charge on any atom is 0.0794 e. The average molecular weight is 226 g/mol. The first-order valence-electron chi connectivity index (χ1n) is 5.84. The Balaban J connectivity index is 2.22. The Labute approximate surface area is 97.1 Å². The SMILES string of the molecule is CCNC(CCCc1cncs1)C(C)C. The van der Waals surface area contributed by atoms with E-state index in [1.165, 1.54) is 24.1 Å². The van der Waals surface area contributed by atoms with E-state index in [1.807, 2.05) is 11.7 Å². The molecule has 0 aromatic carbocycles. The number of thiazole rings is 1. The lowest BCUT2D eigenvalue weighted by Gasteiger charge is -2.21. The summed E-state index contributed by atoms with van der Waals surface area (Å²) in [5.74, 6) is 0.728. The Bertz CT molecular complexity index is 244. The molecule has 86 valence electrons. The Morgan fingerprint density at radius 2 is 2.27 bits per heavy atom. The highest BCUT2D eigenvalue weighted by molar-refractivity contribution is 7.09. The van der Waals surface area contributed by atoms with Gasteiger partial charge in [0, 0.05) is 17.1 Å². The molecular formula is C12H22N2S. The van der Waals surface area contributed by atoms with Crippen molar-refractivity contribution < 1.29 is 0 Å². The van der Waals surface area contributed by atoms with Crippen LogP contribution in [0.1, 0.15) is 38.5 Å². The van der Waals surface area contributed by atoms with Crippen LogP contribution in [-0.2, 0) is 6.42 Å². The second-order valence-corrected chi connectivity index (χ2v) is 5.24. The van der Waals surface area contributed by atoms with Crippen LogP contribution in [0.4, 0.5) is 0 Å². The van der Waals surface area contributed by atoms with Crippen molar-refractivity contribution >= 4 is 11.3 Å². The molecule has 0 fully saturated rings. The fraction of sp³-hybridized carbons (Fsp3) is 0.750. The van der Waals surface area contributed by atoms with E-state index in [0.717, 1.165) is 12.5 Å². The average Bonchev–Trinajstić information content (AvgIpc) is 2.69. The van der Waals surface area contributed by atoms with Gasteiger partial charge in [-0.05, 0) is 31.7 Å². The molecule has 0 aliphatic heterocycles. The van der Waals surface area contributed by atoms with E-state index in [4.69, 9.17) is 0 Å². The highest BCUT2D eigenvalue weighted by Gasteiger charge is 2.11. The first-order valence-corrected chi connectivity index (χ1v) is 6.72. The molecule has 1 aromatic rings. The zero-order valence-electron chi connectivity index (χ0n) is 9.99. The van der Waals surface area contributed by atoms with E-state index in [2.05, 4.69) is 31.1 Å². The number of hydrogen-bond donors (Lipinski definition) is 1. The van der Waals surface area contributed by atoms with Crippen molar-refractivity contribution in [2.75, 3.05) is 6.54 Å². The fourth-order valence-corrected chi connectivity index (χ4v) is 2.44. The lowest BCUT2D eigenvalue weighted by molar-refractivity contribution is 0.377. The van der Waals surface area contributed by atoms with E-state index >= 15 is 0 Å². The minimum Gasteiger partial charge on any atom is -0.314 e. The molecule has 0 aliphatic rings. The summed E-state index contributed by atoms with van der Waals surface area (Å²) in [6.07, 6.45) is 5.70. The number of nitrogens with one attached hydrogen (secondary N) is 1. The van der Waals surface area contributed by atoms with Gasteiger partial charge >= 0.3 is 0 Å². The highest BCUT2D eigenvalue weighted by atomic mass is 32.1. The Hall–Kier alpha value is -0.410. The van der Waals surface area contributed by atoms with Gasteiger partial charge in [-0.2, -0.15) is 0 Å². The van der Waals surface area contributed by atoms with Crippen molar-refractivity contribution in [2.24, 2.45) is 5.92 Å². The summed E-state index contributed by atoms with van der Waals surface area (Å²) in [6, 6.07) is 0.669. The standard InChI is InChI=1S/C12H22N2S/c1-4-14-12(10(2)3)7-5-6-11-8-13-9-15-11/h8-10,12,14H,4-7H2,1-3H3. The van der Waals surface area contributed by atoms with Gasteiger partial charge in [-0.25, -0.2) is 0 Å². The number of hydrogen-bond acceptors (Lipinski definition) is 3. The Morgan fingerprint density at radius 1 is 1.47 bits per heavy atom. The van der Waals surface area contributed by atoms with Crippen LogP contribution in [0.5, 0.6) is 0 Å². The van der Waals surface area contributed by atoms with Gasteiger partial charge in [0.1, 0.15) is 0 Å². The third-order valence-electron chi connectivity index (χ3n) is 2.69. The van der Waals surface area contributed by atoms with Crippen LogP contribution >= 0.6 is 11.3 Å². The van der Waals surface area contributed by atoms with Gasteiger partial charge in [0.15, 0.2) is 0 Å². The summed E-state index contributed by atoms with van der Waals surface area (Å²) in [6.45, 7) is 7.84. The van der Waals surface area contributed by atoms with Gasteiger partial charge in [-0.3, -0.25) is 4.98 Å². The van der Waals surface area contributed by atoms with Crippen LogP contribution in [0.2, 0.25) is 0 Å². The minimum atomic E-state index is 0.669. The van der Waals surface area contributed by atoms with Gasteiger partial charge in [0.2, 0.25) is 0 Å². The lowest BCUT2D eigenvalue weighted by Crippen LogP contribution is -2.33. The van der Waals surface area contributed by atoms with Crippen LogP contribution in [0.15, 0.2) is 11.7 Å². The molecule has 1 unspecified atom stereocenters. The predicted octanol–water partition coefficient (Wildman–Crippen LogP) is 3.10. The molecule has 0 bridgehead atoms. The largest absolute Gasteiger partial charge is 0.314 e. The smallest absolute Gasteiger partial charge is 0.0794 e. The van der Waals surface area contributed by atoms with Crippen LogP contribution in [0, 0.1) is 5.92 Å². The van der Waals surface area contributed by atoms with Gasteiger partial charge < -0.3 is 5.32 Å². The van der Waals surface area contributed by atoms with E-state index < -0.39 is 0 Å². The van der Waals surface area contributed by atoms with Crippen LogP contribution in [0.25, 0.3) is 0 Å². The van der Waals surface area contributed by atoms with Crippen molar-refractivity contribution in [3.63, 3.8) is 0 Å². The van der Waals surface area contributed by atoms with E-state index in [9.17, 15) is 0 Å². The predicted molar refractivity (Wildman–Crippen MR) is 67.4 cm³/mol. The van der Waals surface area contributed by atoms with Crippen molar-refractivity contribution in [2.45, 2.75) is 46.1 Å². The molecule has 0 amide bonds. The molecule has 0 saturated carbocycles. The number of aromatic nitrogens is 1. The second kappa shape index (κ2) is 6.96. The van der Waals surface area contributed by atoms with Crippen LogP contribution in [0.3, 0.4) is 0 Å². The van der Waals surface area contributed by atoms with E-state index in [1.54, 1.807) is 11.3 Å². The van der Waals surface area contributed by atoms with Gasteiger partial charge in [0.25, 0.3) is 0 Å². The molecule has 0 aliphatic carbocycles. The summed E-state index contributed by atoms with van der Waals surface area (Å²) in [4.78, 5) is 5.51. The van der Waals surface area contributed by atoms with E-state index in [0.29, 0.717) is 6.04 Å². The topological polar surface area (TPSA) is 24.9 Å². The molecular weight excluding hydrogens is 204 g/mol. The molecule has 1 N–H and O–H groups in total.